The Morgan fingerprint density at radius 3 is 2.24 bits per heavy atom. The van der Waals surface area contributed by atoms with Crippen LogP contribution in [0.1, 0.15) is 48.9 Å². The standard InChI is InChI=1S/C31H33ClF3N3O3/c32-27-9-5-4-8-26(27)22-10-12-23(13-11-22)29(39)38-28(20-21-6-2-1-3-7-21)30(40)37-19-18-36-24-14-16-25(17-15-24)41-31(33,34)35/h4-5,8-17,21,28,36H,1-3,6-7,18-20H2,(H,37,40)(H,38,39)/t28-/m0/s1. The lowest BCUT2D eigenvalue weighted by Gasteiger charge is -2.26. The number of amides is 2. The summed E-state index contributed by atoms with van der Waals surface area (Å²) in [6, 6.07) is 19.3. The fraction of sp³-hybridized carbons (Fsp3) is 0.355. The molecule has 1 atom stereocenters. The van der Waals surface area contributed by atoms with Crippen LogP contribution < -0.4 is 20.7 Å². The van der Waals surface area contributed by atoms with Crippen LogP contribution in [0.4, 0.5) is 18.9 Å². The zero-order valence-corrected chi connectivity index (χ0v) is 23.2. The Morgan fingerprint density at radius 1 is 0.902 bits per heavy atom. The fourth-order valence-corrected chi connectivity index (χ4v) is 5.26. The number of hydrogen-bond acceptors (Lipinski definition) is 4. The number of rotatable bonds is 11. The van der Waals surface area contributed by atoms with Crippen molar-refractivity contribution >= 4 is 29.1 Å². The second-order valence-electron chi connectivity index (χ2n) is 10.1. The third-order valence-corrected chi connectivity index (χ3v) is 7.42. The average molecular weight is 588 g/mol. The minimum atomic E-state index is -4.75. The summed E-state index contributed by atoms with van der Waals surface area (Å²) >= 11 is 6.30. The molecule has 0 radical (unpaired) electrons. The lowest BCUT2D eigenvalue weighted by molar-refractivity contribution is -0.274. The number of hydrogen-bond donors (Lipinski definition) is 3. The molecule has 0 aliphatic heterocycles. The SMILES string of the molecule is O=C(N[C@@H](CC1CCCCC1)C(=O)NCCNc1ccc(OC(F)(F)F)cc1)c1ccc(-c2ccccc2Cl)cc1. The van der Waals surface area contributed by atoms with Gasteiger partial charge >= 0.3 is 6.36 Å². The van der Waals surface area contributed by atoms with Crippen LogP contribution >= 0.6 is 11.6 Å². The minimum Gasteiger partial charge on any atom is -0.406 e. The van der Waals surface area contributed by atoms with Gasteiger partial charge in [0, 0.05) is 34.9 Å². The highest BCUT2D eigenvalue weighted by Gasteiger charge is 2.31. The van der Waals surface area contributed by atoms with Crippen LogP contribution in [0, 0.1) is 5.92 Å². The minimum absolute atomic E-state index is 0.267. The smallest absolute Gasteiger partial charge is 0.406 e. The number of anilines is 1. The summed E-state index contributed by atoms with van der Waals surface area (Å²) in [6.45, 7) is 0.613. The molecule has 0 aromatic heterocycles. The van der Waals surface area contributed by atoms with E-state index in [1.165, 1.54) is 30.7 Å². The van der Waals surface area contributed by atoms with Gasteiger partial charge in [0.2, 0.25) is 5.91 Å². The van der Waals surface area contributed by atoms with E-state index in [1.54, 1.807) is 12.1 Å². The molecule has 10 heteroatoms. The molecule has 0 heterocycles. The monoisotopic (exact) mass is 587 g/mol. The molecular weight excluding hydrogens is 555 g/mol. The number of ether oxygens (including phenoxy) is 1. The Balaban J connectivity index is 1.33. The van der Waals surface area contributed by atoms with Gasteiger partial charge in [-0.1, -0.05) is 74.0 Å². The summed E-state index contributed by atoms with van der Waals surface area (Å²) in [6.07, 6.45) is 1.29. The molecule has 1 fully saturated rings. The second-order valence-corrected chi connectivity index (χ2v) is 10.5. The molecule has 0 saturated heterocycles. The molecule has 3 aromatic carbocycles. The molecule has 1 aliphatic carbocycles. The molecule has 2 amide bonds. The molecule has 41 heavy (non-hydrogen) atoms. The van der Waals surface area contributed by atoms with Crippen molar-refractivity contribution in [2.75, 3.05) is 18.4 Å². The lowest BCUT2D eigenvalue weighted by atomic mass is 9.84. The molecule has 0 unspecified atom stereocenters. The van der Waals surface area contributed by atoms with E-state index < -0.39 is 12.4 Å². The van der Waals surface area contributed by atoms with Gasteiger partial charge < -0.3 is 20.7 Å². The molecule has 3 N–H and O–H groups in total. The van der Waals surface area contributed by atoms with Gasteiger partial charge in [0.05, 0.1) is 0 Å². The van der Waals surface area contributed by atoms with Crippen molar-refractivity contribution in [3.05, 3.63) is 83.4 Å². The predicted octanol–water partition coefficient (Wildman–Crippen LogP) is 7.20. The molecule has 4 rings (SSSR count). The van der Waals surface area contributed by atoms with Crippen LogP contribution in [0.25, 0.3) is 11.1 Å². The topological polar surface area (TPSA) is 79.5 Å². The van der Waals surface area contributed by atoms with Gasteiger partial charge in [-0.15, -0.1) is 13.2 Å². The first-order chi connectivity index (χ1) is 19.7. The van der Waals surface area contributed by atoms with E-state index in [0.29, 0.717) is 35.2 Å². The van der Waals surface area contributed by atoms with E-state index in [1.807, 2.05) is 36.4 Å². The van der Waals surface area contributed by atoms with Crippen molar-refractivity contribution < 1.29 is 27.5 Å². The molecule has 6 nitrogen and oxygen atoms in total. The normalized spacial score (nSPS) is 14.6. The Bertz CT molecular complexity index is 1290. The van der Waals surface area contributed by atoms with E-state index in [2.05, 4.69) is 20.7 Å². The third-order valence-electron chi connectivity index (χ3n) is 7.09. The molecule has 218 valence electrons. The van der Waals surface area contributed by atoms with Crippen molar-refractivity contribution in [1.29, 1.82) is 0 Å². The third kappa shape index (κ3) is 9.42. The summed E-state index contributed by atoms with van der Waals surface area (Å²) in [5.74, 6) is -0.549. The number of benzene rings is 3. The van der Waals surface area contributed by atoms with Gasteiger partial charge in [0.25, 0.3) is 5.91 Å². The van der Waals surface area contributed by atoms with Gasteiger partial charge in [0.1, 0.15) is 11.8 Å². The van der Waals surface area contributed by atoms with E-state index in [4.69, 9.17) is 11.6 Å². The van der Waals surface area contributed by atoms with E-state index in [-0.39, 0.29) is 24.1 Å². The lowest BCUT2D eigenvalue weighted by Crippen LogP contribution is -2.48. The van der Waals surface area contributed by atoms with Gasteiger partial charge in [-0.2, -0.15) is 0 Å². The van der Waals surface area contributed by atoms with Crippen LogP contribution in [0.3, 0.4) is 0 Å². The highest BCUT2D eigenvalue weighted by atomic mass is 35.5. The average Bonchev–Trinajstić information content (AvgIpc) is 2.96. The van der Waals surface area contributed by atoms with E-state index in [0.717, 1.165) is 36.8 Å². The van der Waals surface area contributed by atoms with Crippen LogP contribution in [-0.2, 0) is 4.79 Å². The van der Waals surface area contributed by atoms with Crippen molar-refractivity contribution in [2.45, 2.75) is 50.9 Å². The van der Waals surface area contributed by atoms with E-state index in [9.17, 15) is 22.8 Å². The van der Waals surface area contributed by atoms with Crippen molar-refractivity contribution in [3.63, 3.8) is 0 Å². The first-order valence-electron chi connectivity index (χ1n) is 13.7. The molecule has 0 bridgehead atoms. The Morgan fingerprint density at radius 2 is 1.59 bits per heavy atom. The van der Waals surface area contributed by atoms with Crippen molar-refractivity contribution in [2.24, 2.45) is 5.92 Å². The Kier molecular flexibility index (Phi) is 10.5. The Hall–Kier alpha value is -3.72. The zero-order valence-electron chi connectivity index (χ0n) is 22.5. The molecule has 1 aliphatic rings. The number of nitrogens with one attached hydrogen (secondary N) is 3. The predicted molar refractivity (Wildman–Crippen MR) is 154 cm³/mol. The van der Waals surface area contributed by atoms with Crippen LogP contribution in [0.15, 0.2) is 72.8 Å². The maximum absolute atomic E-state index is 13.2. The van der Waals surface area contributed by atoms with Crippen LogP contribution in [0.2, 0.25) is 5.02 Å². The zero-order chi connectivity index (χ0) is 29.2. The first kappa shape index (κ1) is 30.2. The number of carbonyl (C=O) groups excluding carboxylic acids is 2. The van der Waals surface area contributed by atoms with E-state index >= 15 is 0 Å². The molecule has 0 spiro atoms. The molecular formula is C31H33ClF3N3O3. The van der Waals surface area contributed by atoms with Gasteiger partial charge in [-0.3, -0.25) is 9.59 Å². The van der Waals surface area contributed by atoms with Crippen molar-refractivity contribution in [1.82, 2.24) is 10.6 Å². The number of halogens is 4. The van der Waals surface area contributed by atoms with Crippen LogP contribution in [0.5, 0.6) is 5.75 Å². The number of carbonyl (C=O) groups is 2. The molecule has 3 aromatic rings. The molecule has 1 saturated carbocycles. The summed E-state index contributed by atoms with van der Waals surface area (Å²) < 4.78 is 40.9. The fourth-order valence-electron chi connectivity index (χ4n) is 5.02. The summed E-state index contributed by atoms with van der Waals surface area (Å²) in [4.78, 5) is 26.3. The first-order valence-corrected chi connectivity index (χ1v) is 14.1. The summed E-state index contributed by atoms with van der Waals surface area (Å²) in [5, 5.41) is 9.48. The highest BCUT2D eigenvalue weighted by Crippen LogP contribution is 2.29. The van der Waals surface area contributed by atoms with Crippen molar-refractivity contribution in [3.8, 4) is 16.9 Å². The maximum Gasteiger partial charge on any atom is 0.573 e. The maximum atomic E-state index is 13.2. The highest BCUT2D eigenvalue weighted by molar-refractivity contribution is 6.33. The van der Waals surface area contributed by atoms with Crippen LogP contribution in [-0.4, -0.2) is 37.3 Å². The summed E-state index contributed by atoms with van der Waals surface area (Å²) in [7, 11) is 0. The second kappa shape index (κ2) is 14.3. The van der Waals surface area contributed by atoms with Gasteiger partial charge in [-0.25, -0.2) is 0 Å². The summed E-state index contributed by atoms with van der Waals surface area (Å²) in [5.41, 5.74) is 2.79. The Labute approximate surface area is 242 Å². The van der Waals surface area contributed by atoms with Gasteiger partial charge in [0.15, 0.2) is 0 Å². The van der Waals surface area contributed by atoms with Gasteiger partial charge in [-0.05, 0) is 60.4 Å². The largest absolute Gasteiger partial charge is 0.573 e. The number of alkyl halides is 3. The quantitative estimate of drug-likeness (QED) is 0.207.